The number of anilines is 1. The molecule has 0 aromatic carbocycles. The molecule has 0 spiro atoms. The zero-order valence-corrected chi connectivity index (χ0v) is 12.3. The first-order chi connectivity index (χ1) is 9.24. The van der Waals surface area contributed by atoms with E-state index in [2.05, 4.69) is 29.8 Å². The van der Waals surface area contributed by atoms with Crippen molar-refractivity contribution in [1.29, 1.82) is 0 Å². The Balaban J connectivity index is 2.11. The van der Waals surface area contributed by atoms with E-state index in [1.165, 1.54) is 24.8 Å². The van der Waals surface area contributed by atoms with Gasteiger partial charge in [-0.3, -0.25) is 0 Å². The highest BCUT2D eigenvalue weighted by atomic mass is 15.2. The Morgan fingerprint density at radius 3 is 2.79 bits per heavy atom. The topological polar surface area (TPSA) is 42.1 Å². The fourth-order valence-electron chi connectivity index (χ4n) is 2.65. The molecule has 1 unspecified atom stereocenters. The van der Waals surface area contributed by atoms with Crippen LogP contribution in [0.4, 0.5) is 5.82 Å². The number of rotatable bonds is 7. The molecule has 2 N–H and O–H groups in total. The van der Waals surface area contributed by atoms with Crippen molar-refractivity contribution in [3.63, 3.8) is 0 Å². The summed E-state index contributed by atoms with van der Waals surface area (Å²) in [6.07, 6.45) is 8.02. The van der Waals surface area contributed by atoms with E-state index in [0.29, 0.717) is 0 Å². The first-order valence-corrected chi connectivity index (χ1v) is 7.69. The predicted molar refractivity (Wildman–Crippen MR) is 81.4 cm³/mol. The summed E-state index contributed by atoms with van der Waals surface area (Å²) in [6.45, 7) is 6.55. The van der Waals surface area contributed by atoms with Crippen LogP contribution in [0.5, 0.6) is 0 Å². The van der Waals surface area contributed by atoms with E-state index in [0.717, 1.165) is 37.7 Å². The molecule has 1 aliphatic carbocycles. The highest BCUT2D eigenvalue weighted by Gasteiger charge is 2.22. The molecule has 3 heteroatoms. The second-order valence-corrected chi connectivity index (χ2v) is 5.69. The van der Waals surface area contributed by atoms with Gasteiger partial charge in [-0.25, -0.2) is 4.98 Å². The molecule has 2 rings (SSSR count). The lowest BCUT2D eigenvalue weighted by atomic mass is 9.85. The van der Waals surface area contributed by atoms with Gasteiger partial charge in [-0.15, -0.1) is 0 Å². The highest BCUT2D eigenvalue weighted by molar-refractivity contribution is 5.47. The van der Waals surface area contributed by atoms with Gasteiger partial charge >= 0.3 is 0 Å². The molecule has 1 aliphatic rings. The van der Waals surface area contributed by atoms with Crippen LogP contribution in [0.15, 0.2) is 18.3 Å². The van der Waals surface area contributed by atoms with Gasteiger partial charge in [0.15, 0.2) is 0 Å². The summed E-state index contributed by atoms with van der Waals surface area (Å²) in [7, 11) is 0. The molecular formula is C16H27N3. The fourth-order valence-corrected chi connectivity index (χ4v) is 2.65. The third-order valence-electron chi connectivity index (χ3n) is 4.26. The van der Waals surface area contributed by atoms with Gasteiger partial charge in [-0.1, -0.05) is 19.4 Å². The molecular weight excluding hydrogens is 234 g/mol. The SMILES string of the molecule is CCC(N)Cc1cccnc1N(CC)CC1CCC1. The molecule has 1 aromatic rings. The van der Waals surface area contributed by atoms with Gasteiger partial charge in [0.05, 0.1) is 0 Å². The summed E-state index contributed by atoms with van der Waals surface area (Å²) in [5, 5.41) is 0. The normalized spacial score (nSPS) is 17.0. The largest absolute Gasteiger partial charge is 0.356 e. The van der Waals surface area contributed by atoms with Crippen LogP contribution < -0.4 is 10.6 Å². The molecule has 0 saturated heterocycles. The molecule has 0 bridgehead atoms. The summed E-state index contributed by atoms with van der Waals surface area (Å²) in [6, 6.07) is 4.45. The number of nitrogens with zero attached hydrogens (tertiary/aromatic N) is 2. The minimum atomic E-state index is 0.241. The zero-order valence-electron chi connectivity index (χ0n) is 12.3. The molecule has 1 aromatic heterocycles. The van der Waals surface area contributed by atoms with E-state index < -0.39 is 0 Å². The van der Waals surface area contributed by atoms with Gasteiger partial charge in [0, 0.05) is 25.3 Å². The smallest absolute Gasteiger partial charge is 0.131 e. The quantitative estimate of drug-likeness (QED) is 0.820. The second kappa shape index (κ2) is 6.90. The minimum Gasteiger partial charge on any atom is -0.356 e. The van der Waals surface area contributed by atoms with E-state index in [9.17, 15) is 0 Å². The standard InChI is InChI=1S/C16H27N3/c1-3-15(17)11-14-9-6-10-18-16(14)19(4-2)12-13-7-5-8-13/h6,9-10,13,15H,3-5,7-8,11-12,17H2,1-2H3. The lowest BCUT2D eigenvalue weighted by molar-refractivity contribution is 0.318. The maximum Gasteiger partial charge on any atom is 0.131 e. The summed E-state index contributed by atoms with van der Waals surface area (Å²) >= 11 is 0. The van der Waals surface area contributed by atoms with Gasteiger partial charge in [-0.2, -0.15) is 0 Å². The third kappa shape index (κ3) is 3.69. The van der Waals surface area contributed by atoms with E-state index in [1.54, 1.807) is 0 Å². The zero-order chi connectivity index (χ0) is 13.7. The van der Waals surface area contributed by atoms with Crippen molar-refractivity contribution in [2.45, 2.75) is 52.0 Å². The van der Waals surface area contributed by atoms with Crippen molar-refractivity contribution in [3.05, 3.63) is 23.9 Å². The molecule has 19 heavy (non-hydrogen) atoms. The van der Waals surface area contributed by atoms with Crippen LogP contribution in [0.3, 0.4) is 0 Å². The Hall–Kier alpha value is -1.09. The summed E-state index contributed by atoms with van der Waals surface area (Å²) < 4.78 is 0. The van der Waals surface area contributed by atoms with Gasteiger partial charge < -0.3 is 10.6 Å². The number of hydrogen-bond donors (Lipinski definition) is 1. The molecule has 0 amide bonds. The van der Waals surface area contributed by atoms with E-state index >= 15 is 0 Å². The molecule has 1 heterocycles. The van der Waals surface area contributed by atoms with Gasteiger partial charge in [0.25, 0.3) is 0 Å². The Morgan fingerprint density at radius 1 is 1.42 bits per heavy atom. The fraction of sp³-hybridized carbons (Fsp3) is 0.688. The second-order valence-electron chi connectivity index (χ2n) is 5.69. The van der Waals surface area contributed by atoms with Gasteiger partial charge in [0.1, 0.15) is 5.82 Å². The van der Waals surface area contributed by atoms with Gasteiger partial charge in [0.2, 0.25) is 0 Å². The molecule has 1 fully saturated rings. The average Bonchev–Trinajstić information content (AvgIpc) is 2.39. The summed E-state index contributed by atoms with van der Waals surface area (Å²) in [5.74, 6) is 2.02. The molecule has 1 saturated carbocycles. The van der Waals surface area contributed by atoms with Crippen molar-refractivity contribution in [2.75, 3.05) is 18.0 Å². The van der Waals surface area contributed by atoms with Crippen molar-refractivity contribution in [3.8, 4) is 0 Å². The number of aromatic nitrogens is 1. The molecule has 3 nitrogen and oxygen atoms in total. The van der Waals surface area contributed by atoms with Crippen LogP contribution in [-0.4, -0.2) is 24.1 Å². The number of pyridine rings is 1. The summed E-state index contributed by atoms with van der Waals surface area (Å²) in [5.41, 5.74) is 7.41. The lowest BCUT2D eigenvalue weighted by Gasteiger charge is -2.33. The first-order valence-electron chi connectivity index (χ1n) is 7.69. The van der Waals surface area contributed by atoms with Crippen molar-refractivity contribution in [1.82, 2.24) is 4.98 Å². The van der Waals surface area contributed by atoms with Crippen molar-refractivity contribution < 1.29 is 0 Å². The average molecular weight is 261 g/mol. The lowest BCUT2D eigenvalue weighted by Crippen LogP contribution is -2.34. The van der Waals surface area contributed by atoms with Crippen LogP contribution in [0.2, 0.25) is 0 Å². The van der Waals surface area contributed by atoms with E-state index in [4.69, 9.17) is 5.73 Å². The monoisotopic (exact) mass is 261 g/mol. The van der Waals surface area contributed by atoms with Gasteiger partial charge in [-0.05, 0) is 50.2 Å². The Labute approximate surface area is 117 Å². The van der Waals surface area contributed by atoms with E-state index in [-0.39, 0.29) is 6.04 Å². The van der Waals surface area contributed by atoms with Crippen LogP contribution in [-0.2, 0) is 6.42 Å². The molecule has 0 aliphatic heterocycles. The Morgan fingerprint density at radius 2 is 2.21 bits per heavy atom. The molecule has 0 radical (unpaired) electrons. The Kier molecular flexibility index (Phi) is 5.20. The summed E-state index contributed by atoms with van der Waals surface area (Å²) in [4.78, 5) is 7.05. The van der Waals surface area contributed by atoms with Crippen LogP contribution in [0.1, 0.15) is 45.1 Å². The maximum absolute atomic E-state index is 6.11. The van der Waals surface area contributed by atoms with Crippen LogP contribution in [0, 0.1) is 5.92 Å². The predicted octanol–water partition coefficient (Wildman–Crippen LogP) is 2.99. The number of nitrogens with two attached hydrogens (primary N) is 1. The molecule has 1 atom stereocenters. The Bertz CT molecular complexity index is 387. The third-order valence-corrected chi connectivity index (χ3v) is 4.26. The number of hydrogen-bond acceptors (Lipinski definition) is 3. The van der Waals surface area contributed by atoms with Crippen LogP contribution >= 0.6 is 0 Å². The first kappa shape index (κ1) is 14.3. The van der Waals surface area contributed by atoms with Crippen molar-refractivity contribution >= 4 is 5.82 Å². The van der Waals surface area contributed by atoms with E-state index in [1.807, 2.05) is 12.3 Å². The maximum atomic E-state index is 6.11. The van der Waals surface area contributed by atoms with Crippen LogP contribution in [0.25, 0.3) is 0 Å². The van der Waals surface area contributed by atoms with Crippen molar-refractivity contribution in [2.24, 2.45) is 11.7 Å². The highest BCUT2D eigenvalue weighted by Crippen LogP contribution is 2.29. The minimum absolute atomic E-state index is 0.241. The molecule has 106 valence electrons.